The van der Waals surface area contributed by atoms with E-state index in [1.807, 2.05) is 13.8 Å². The Kier molecular flexibility index (Phi) is 6.98. The van der Waals surface area contributed by atoms with Crippen molar-refractivity contribution in [3.63, 3.8) is 0 Å². The van der Waals surface area contributed by atoms with Crippen molar-refractivity contribution in [1.82, 2.24) is 5.32 Å². The summed E-state index contributed by atoms with van der Waals surface area (Å²) in [6.45, 7) is 3.96. The van der Waals surface area contributed by atoms with Crippen LogP contribution in [0.25, 0.3) is 0 Å². The van der Waals surface area contributed by atoms with Gasteiger partial charge < -0.3 is 0 Å². The quantitative estimate of drug-likeness (QED) is 0.672. The van der Waals surface area contributed by atoms with Crippen LogP contribution in [0.15, 0.2) is 0 Å². The van der Waals surface area contributed by atoms with Gasteiger partial charge in [0.15, 0.2) is 0 Å². The van der Waals surface area contributed by atoms with E-state index in [0.717, 1.165) is 0 Å². The third kappa shape index (κ3) is 10.0. The fourth-order valence-electron chi connectivity index (χ4n) is 0.937. The molecule has 1 N–H and O–H groups in total. The lowest BCUT2D eigenvalue weighted by molar-refractivity contribution is 0.560. The van der Waals surface area contributed by atoms with E-state index >= 15 is 0 Å². The summed E-state index contributed by atoms with van der Waals surface area (Å²) < 4.78 is 21.7. The van der Waals surface area contributed by atoms with Crippen molar-refractivity contribution in [3.8, 4) is 6.07 Å². The molecule has 1 atom stereocenters. The number of thioether (sulfide) groups is 1. The van der Waals surface area contributed by atoms with E-state index in [1.54, 1.807) is 0 Å². The van der Waals surface area contributed by atoms with Gasteiger partial charge in [-0.1, -0.05) is 0 Å². The van der Waals surface area contributed by atoms with Gasteiger partial charge in [0.05, 0.1) is 11.8 Å². The first-order chi connectivity index (χ1) is 6.85. The first-order valence-electron chi connectivity index (χ1n) is 4.76. The van der Waals surface area contributed by atoms with Crippen molar-refractivity contribution >= 4 is 21.6 Å². The first-order valence-corrected chi connectivity index (χ1v) is 7.98. The Labute approximate surface area is 96.3 Å². The number of nitrogens with zero attached hydrogens (tertiary/aromatic N) is 1. The van der Waals surface area contributed by atoms with Crippen LogP contribution in [0, 0.1) is 11.3 Å². The fourth-order valence-corrected chi connectivity index (χ4v) is 3.19. The van der Waals surface area contributed by atoms with Crippen molar-refractivity contribution in [2.24, 2.45) is 0 Å². The molecular weight excluding hydrogens is 232 g/mol. The lowest BCUT2D eigenvalue weighted by Crippen LogP contribution is -2.35. The molecule has 0 fully saturated rings. The zero-order chi connectivity index (χ0) is 11.9. The maximum absolute atomic E-state index is 10.8. The van der Waals surface area contributed by atoms with Gasteiger partial charge in [-0.05, 0) is 13.8 Å². The number of hydrogen-bond donors (Lipinski definition) is 1. The molecular formula is C9H18N2O2S2. The fraction of sp³-hybridized carbons (Fsp3) is 0.889. The topological polar surface area (TPSA) is 70.0 Å². The number of nitrogens with one attached hydrogen (secondary N) is 1. The molecule has 88 valence electrons. The highest BCUT2D eigenvalue weighted by molar-refractivity contribution is 8.00. The van der Waals surface area contributed by atoms with Gasteiger partial charge in [-0.2, -0.15) is 17.0 Å². The Morgan fingerprint density at radius 3 is 2.47 bits per heavy atom. The van der Waals surface area contributed by atoms with Crippen molar-refractivity contribution in [3.05, 3.63) is 0 Å². The van der Waals surface area contributed by atoms with E-state index in [9.17, 15) is 8.42 Å². The maximum Gasteiger partial charge on any atom is 0.148 e. The van der Waals surface area contributed by atoms with Crippen LogP contribution in [0.2, 0.25) is 0 Å². The third-order valence-corrected chi connectivity index (χ3v) is 3.84. The molecule has 15 heavy (non-hydrogen) atoms. The van der Waals surface area contributed by atoms with E-state index in [2.05, 4.69) is 11.4 Å². The molecule has 0 spiro atoms. The zero-order valence-electron chi connectivity index (χ0n) is 9.36. The second kappa shape index (κ2) is 7.09. The Morgan fingerprint density at radius 2 is 2.07 bits per heavy atom. The smallest absolute Gasteiger partial charge is 0.148 e. The molecule has 0 rings (SSSR count). The normalized spacial score (nSPS) is 13.8. The minimum absolute atomic E-state index is 0.178. The van der Waals surface area contributed by atoms with Crippen LogP contribution in [0.3, 0.4) is 0 Å². The molecule has 6 heteroatoms. The predicted octanol–water partition coefficient (Wildman–Crippen LogP) is 0.654. The molecule has 0 aliphatic rings. The van der Waals surface area contributed by atoms with Gasteiger partial charge in [0.2, 0.25) is 0 Å². The number of nitriles is 1. The Bertz CT molecular complexity index is 307. The molecule has 0 heterocycles. The summed E-state index contributed by atoms with van der Waals surface area (Å²) in [7, 11) is -2.88. The highest BCUT2D eigenvalue weighted by Crippen LogP contribution is 2.04. The Hall–Kier alpha value is -0.250. The molecule has 0 aromatic heterocycles. The summed E-state index contributed by atoms with van der Waals surface area (Å²) >= 11 is 1.49. The van der Waals surface area contributed by atoms with Crippen LogP contribution in [-0.2, 0) is 9.84 Å². The van der Waals surface area contributed by atoms with E-state index < -0.39 is 9.84 Å². The summed E-state index contributed by atoms with van der Waals surface area (Å²) in [5, 5.41) is 11.9. The molecule has 4 nitrogen and oxygen atoms in total. The highest BCUT2D eigenvalue weighted by Gasteiger charge is 2.09. The largest absolute Gasteiger partial charge is 0.299 e. The molecule has 0 aromatic rings. The lowest BCUT2D eigenvalue weighted by Gasteiger charge is -2.13. The summed E-state index contributed by atoms with van der Waals surface area (Å²) in [5.74, 6) is 1.36. The highest BCUT2D eigenvalue weighted by atomic mass is 32.2. The Morgan fingerprint density at radius 1 is 1.47 bits per heavy atom. The van der Waals surface area contributed by atoms with Gasteiger partial charge in [0, 0.05) is 23.8 Å². The number of sulfone groups is 1. The van der Waals surface area contributed by atoms with Crippen LogP contribution < -0.4 is 5.32 Å². The van der Waals surface area contributed by atoms with Crippen molar-refractivity contribution < 1.29 is 8.42 Å². The standard InChI is InChI=1S/C9H18N2O2S2/c1-8(2)11-9(6-10)7-14-4-5-15(3,12)13/h8-9,11H,4-5,7H2,1-3H3. The van der Waals surface area contributed by atoms with Gasteiger partial charge in [0.1, 0.15) is 15.9 Å². The summed E-state index contributed by atoms with van der Waals surface area (Å²) in [6.07, 6.45) is 1.22. The van der Waals surface area contributed by atoms with E-state index in [1.165, 1.54) is 18.0 Å². The van der Waals surface area contributed by atoms with Gasteiger partial charge in [0.25, 0.3) is 0 Å². The van der Waals surface area contributed by atoms with Crippen LogP contribution in [0.4, 0.5) is 0 Å². The average molecular weight is 250 g/mol. The second-order valence-electron chi connectivity index (χ2n) is 3.71. The number of hydrogen-bond acceptors (Lipinski definition) is 5. The molecule has 0 bridgehead atoms. The molecule has 0 aliphatic carbocycles. The van der Waals surface area contributed by atoms with Gasteiger partial charge in [-0.15, -0.1) is 0 Å². The molecule has 0 saturated heterocycles. The minimum Gasteiger partial charge on any atom is -0.299 e. The molecule has 0 amide bonds. The van der Waals surface area contributed by atoms with Crippen molar-refractivity contribution in [2.45, 2.75) is 25.9 Å². The molecule has 0 radical (unpaired) electrons. The monoisotopic (exact) mass is 250 g/mol. The molecule has 0 aliphatic heterocycles. The molecule has 0 aromatic carbocycles. The van der Waals surface area contributed by atoms with Crippen molar-refractivity contribution in [2.75, 3.05) is 23.5 Å². The van der Waals surface area contributed by atoms with Crippen LogP contribution >= 0.6 is 11.8 Å². The second-order valence-corrected chi connectivity index (χ2v) is 7.12. The SMILES string of the molecule is CC(C)NC(C#N)CSCCS(C)(=O)=O. The summed E-state index contributed by atoms with van der Waals surface area (Å²) in [4.78, 5) is 0. The van der Waals surface area contributed by atoms with Gasteiger partial charge >= 0.3 is 0 Å². The summed E-state index contributed by atoms with van der Waals surface area (Å²) in [6, 6.07) is 2.22. The third-order valence-electron chi connectivity index (χ3n) is 1.57. The molecule has 0 saturated carbocycles. The number of rotatable bonds is 7. The summed E-state index contributed by atoms with van der Waals surface area (Å²) in [5.41, 5.74) is 0. The zero-order valence-corrected chi connectivity index (χ0v) is 11.0. The van der Waals surface area contributed by atoms with Gasteiger partial charge in [-0.3, -0.25) is 5.32 Å². The molecule has 1 unspecified atom stereocenters. The minimum atomic E-state index is -2.88. The average Bonchev–Trinajstić information content (AvgIpc) is 2.08. The van der Waals surface area contributed by atoms with E-state index in [4.69, 9.17) is 5.26 Å². The van der Waals surface area contributed by atoms with Crippen LogP contribution in [0.5, 0.6) is 0 Å². The maximum atomic E-state index is 10.8. The Balaban J connectivity index is 3.70. The van der Waals surface area contributed by atoms with Crippen LogP contribution in [0.1, 0.15) is 13.8 Å². The first kappa shape index (κ1) is 14.8. The predicted molar refractivity (Wildman–Crippen MR) is 64.7 cm³/mol. The van der Waals surface area contributed by atoms with Crippen molar-refractivity contribution in [1.29, 1.82) is 5.26 Å². The van der Waals surface area contributed by atoms with Gasteiger partial charge in [-0.25, -0.2) is 8.42 Å². The van der Waals surface area contributed by atoms with E-state index in [0.29, 0.717) is 11.5 Å². The van der Waals surface area contributed by atoms with Crippen LogP contribution in [-0.4, -0.2) is 44.0 Å². The lowest BCUT2D eigenvalue weighted by atomic mass is 10.3. The van der Waals surface area contributed by atoms with E-state index in [-0.39, 0.29) is 17.8 Å².